The van der Waals surface area contributed by atoms with Crippen molar-refractivity contribution in [1.29, 1.82) is 0 Å². The van der Waals surface area contributed by atoms with Crippen molar-refractivity contribution in [1.82, 2.24) is 0 Å². The molecule has 0 fully saturated rings. The van der Waals surface area contributed by atoms with E-state index in [-0.39, 0.29) is 17.7 Å². The number of anilines is 2. The van der Waals surface area contributed by atoms with Crippen LogP contribution < -0.4 is 10.2 Å². The highest BCUT2D eigenvalue weighted by Crippen LogP contribution is 2.29. The number of hydrogen-bond acceptors (Lipinski definition) is 3. The van der Waals surface area contributed by atoms with Crippen molar-refractivity contribution < 1.29 is 14.4 Å². The summed E-state index contributed by atoms with van der Waals surface area (Å²) in [4.78, 5) is 38.2. The van der Waals surface area contributed by atoms with Gasteiger partial charge in [-0.2, -0.15) is 0 Å². The first-order valence-electron chi connectivity index (χ1n) is 8.49. The minimum absolute atomic E-state index is 0.0621. The Kier molecular flexibility index (Phi) is 4.93. The topological polar surface area (TPSA) is 66.5 Å². The van der Waals surface area contributed by atoms with Crippen LogP contribution in [-0.2, 0) is 4.79 Å². The van der Waals surface area contributed by atoms with Gasteiger partial charge >= 0.3 is 0 Å². The van der Waals surface area contributed by atoms with E-state index in [0.29, 0.717) is 28.9 Å². The molecule has 25 heavy (non-hydrogen) atoms. The maximum Gasteiger partial charge on any atom is 0.266 e. The number of nitrogens with zero attached hydrogens (tertiary/aromatic N) is 1. The molecular weight excluding hydrogens is 316 g/mol. The number of amides is 3. The molecule has 1 N–H and O–H groups in total. The van der Waals surface area contributed by atoms with Gasteiger partial charge in [0.05, 0.1) is 16.8 Å². The molecule has 0 aliphatic carbocycles. The summed E-state index contributed by atoms with van der Waals surface area (Å²) in [7, 11) is 0. The summed E-state index contributed by atoms with van der Waals surface area (Å²) >= 11 is 0. The summed E-state index contributed by atoms with van der Waals surface area (Å²) in [5, 5.41) is 2.83. The van der Waals surface area contributed by atoms with E-state index < -0.39 is 0 Å². The van der Waals surface area contributed by atoms with Crippen LogP contribution in [0.4, 0.5) is 11.4 Å². The van der Waals surface area contributed by atoms with Crippen LogP contribution in [0.5, 0.6) is 0 Å². The molecule has 3 rings (SSSR count). The summed E-state index contributed by atoms with van der Waals surface area (Å²) in [6, 6.07) is 13.6. The van der Waals surface area contributed by atoms with Crippen LogP contribution in [0.3, 0.4) is 0 Å². The Balaban J connectivity index is 1.78. The average molecular weight is 336 g/mol. The highest BCUT2D eigenvalue weighted by Gasteiger charge is 2.36. The SMILES string of the molecule is CCCCCC(=O)Nc1cccc(N2C(=O)c3ccccc3C2=O)c1. The van der Waals surface area contributed by atoms with Crippen molar-refractivity contribution in [3.05, 3.63) is 59.7 Å². The molecule has 5 heteroatoms. The van der Waals surface area contributed by atoms with Gasteiger partial charge in [0.2, 0.25) is 5.91 Å². The number of hydrogen-bond donors (Lipinski definition) is 1. The van der Waals surface area contributed by atoms with E-state index in [1.165, 1.54) is 0 Å². The van der Waals surface area contributed by atoms with Crippen molar-refractivity contribution in [2.24, 2.45) is 0 Å². The molecule has 1 heterocycles. The molecule has 0 saturated carbocycles. The van der Waals surface area contributed by atoms with Crippen molar-refractivity contribution in [3.8, 4) is 0 Å². The largest absolute Gasteiger partial charge is 0.326 e. The van der Waals surface area contributed by atoms with Crippen molar-refractivity contribution in [3.63, 3.8) is 0 Å². The molecule has 0 radical (unpaired) electrons. The molecule has 0 atom stereocenters. The highest BCUT2D eigenvalue weighted by molar-refractivity contribution is 6.34. The molecule has 0 bridgehead atoms. The fraction of sp³-hybridized carbons (Fsp3) is 0.250. The number of rotatable bonds is 6. The van der Waals surface area contributed by atoms with Crippen molar-refractivity contribution >= 4 is 29.1 Å². The predicted octanol–water partition coefficient (Wildman–Crippen LogP) is 4.01. The van der Waals surface area contributed by atoms with Gasteiger partial charge in [-0.05, 0) is 36.8 Å². The Bertz CT molecular complexity index is 794. The van der Waals surface area contributed by atoms with Gasteiger partial charge in [0, 0.05) is 12.1 Å². The summed E-state index contributed by atoms with van der Waals surface area (Å²) < 4.78 is 0. The van der Waals surface area contributed by atoms with E-state index in [1.54, 1.807) is 48.5 Å². The highest BCUT2D eigenvalue weighted by atomic mass is 16.2. The second kappa shape index (κ2) is 7.30. The first-order chi connectivity index (χ1) is 12.1. The molecule has 3 amide bonds. The first kappa shape index (κ1) is 16.9. The molecule has 0 saturated heterocycles. The van der Waals surface area contributed by atoms with Gasteiger partial charge in [0.25, 0.3) is 11.8 Å². The number of fused-ring (bicyclic) bond motifs is 1. The molecule has 128 valence electrons. The summed E-state index contributed by atoms with van der Waals surface area (Å²) in [5.74, 6) is -0.744. The molecule has 0 spiro atoms. The fourth-order valence-electron chi connectivity index (χ4n) is 2.91. The normalized spacial score (nSPS) is 13.1. The third-order valence-corrected chi connectivity index (χ3v) is 4.19. The van der Waals surface area contributed by atoms with E-state index >= 15 is 0 Å². The van der Waals surface area contributed by atoms with Crippen molar-refractivity contribution in [2.45, 2.75) is 32.6 Å². The molecule has 1 aliphatic heterocycles. The van der Waals surface area contributed by atoms with Gasteiger partial charge in [-0.25, -0.2) is 4.90 Å². The van der Waals surface area contributed by atoms with Gasteiger partial charge in [-0.3, -0.25) is 14.4 Å². The van der Waals surface area contributed by atoms with Crippen molar-refractivity contribution in [2.75, 3.05) is 10.2 Å². The molecule has 2 aromatic carbocycles. The first-order valence-corrected chi connectivity index (χ1v) is 8.49. The van der Waals surface area contributed by atoms with E-state index in [2.05, 4.69) is 12.2 Å². The molecule has 0 aromatic heterocycles. The summed E-state index contributed by atoms with van der Waals surface area (Å²) in [6.45, 7) is 2.09. The molecule has 0 unspecified atom stereocenters. The van der Waals surface area contributed by atoms with Crippen LogP contribution in [0, 0.1) is 0 Å². The quantitative estimate of drug-likeness (QED) is 0.640. The number of unbranched alkanes of at least 4 members (excludes halogenated alkanes) is 2. The second-order valence-corrected chi connectivity index (χ2v) is 6.05. The lowest BCUT2D eigenvalue weighted by Crippen LogP contribution is -2.29. The lowest BCUT2D eigenvalue weighted by molar-refractivity contribution is -0.116. The van der Waals surface area contributed by atoms with Gasteiger partial charge < -0.3 is 5.32 Å². The van der Waals surface area contributed by atoms with Crippen LogP contribution in [-0.4, -0.2) is 17.7 Å². The third kappa shape index (κ3) is 3.45. The average Bonchev–Trinajstić information content (AvgIpc) is 2.87. The zero-order valence-corrected chi connectivity index (χ0v) is 14.1. The Morgan fingerprint density at radius 2 is 1.64 bits per heavy atom. The van der Waals surface area contributed by atoms with Gasteiger partial charge in [-0.15, -0.1) is 0 Å². The fourth-order valence-corrected chi connectivity index (χ4v) is 2.91. The summed E-state index contributed by atoms with van der Waals surface area (Å²) in [6.07, 6.45) is 3.39. The molecular formula is C20H20N2O3. The second-order valence-electron chi connectivity index (χ2n) is 6.05. The smallest absolute Gasteiger partial charge is 0.266 e. The number of benzene rings is 2. The number of carbonyl (C=O) groups excluding carboxylic acids is 3. The van der Waals surface area contributed by atoms with Gasteiger partial charge in [0.15, 0.2) is 0 Å². The van der Waals surface area contributed by atoms with Gasteiger partial charge in [0.1, 0.15) is 0 Å². The van der Waals surface area contributed by atoms with E-state index in [0.717, 1.165) is 24.2 Å². The summed E-state index contributed by atoms with van der Waals surface area (Å²) in [5.41, 5.74) is 1.84. The lowest BCUT2D eigenvalue weighted by Gasteiger charge is -2.15. The molecule has 1 aliphatic rings. The zero-order chi connectivity index (χ0) is 17.8. The van der Waals surface area contributed by atoms with Crippen LogP contribution in [0.15, 0.2) is 48.5 Å². The zero-order valence-electron chi connectivity index (χ0n) is 14.1. The Morgan fingerprint density at radius 3 is 2.28 bits per heavy atom. The van der Waals surface area contributed by atoms with E-state index in [1.807, 2.05) is 0 Å². The number of carbonyl (C=O) groups is 3. The Morgan fingerprint density at radius 1 is 0.960 bits per heavy atom. The monoisotopic (exact) mass is 336 g/mol. The Labute approximate surface area is 146 Å². The van der Waals surface area contributed by atoms with E-state index in [9.17, 15) is 14.4 Å². The Hall–Kier alpha value is -2.95. The van der Waals surface area contributed by atoms with Crippen LogP contribution in [0.2, 0.25) is 0 Å². The van der Waals surface area contributed by atoms with Gasteiger partial charge in [-0.1, -0.05) is 38.0 Å². The standard InChI is InChI=1S/C20H20N2O3/c1-2-3-4-12-18(23)21-14-8-7-9-15(13-14)22-19(24)16-10-5-6-11-17(16)20(22)25/h5-11,13H,2-4,12H2,1H3,(H,21,23). The molecule has 2 aromatic rings. The minimum atomic E-state index is -0.341. The molecule has 5 nitrogen and oxygen atoms in total. The van der Waals surface area contributed by atoms with Crippen LogP contribution in [0.1, 0.15) is 53.3 Å². The maximum atomic E-state index is 12.5. The maximum absolute atomic E-state index is 12.5. The number of nitrogens with one attached hydrogen (secondary N) is 1. The lowest BCUT2D eigenvalue weighted by atomic mass is 10.1. The third-order valence-electron chi connectivity index (χ3n) is 4.19. The minimum Gasteiger partial charge on any atom is -0.326 e. The van der Waals surface area contributed by atoms with Crippen LogP contribution >= 0.6 is 0 Å². The number of imide groups is 1. The predicted molar refractivity (Wildman–Crippen MR) is 96.8 cm³/mol. The van der Waals surface area contributed by atoms with E-state index in [4.69, 9.17) is 0 Å². The van der Waals surface area contributed by atoms with Crippen LogP contribution in [0.25, 0.3) is 0 Å².